The highest BCUT2D eigenvalue weighted by molar-refractivity contribution is 6.04. The van der Waals surface area contributed by atoms with E-state index in [1.165, 1.54) is 0 Å². The van der Waals surface area contributed by atoms with E-state index >= 15 is 0 Å². The molecule has 0 radical (unpaired) electrons. The number of hydrogen-bond donors (Lipinski definition) is 3. The van der Waals surface area contributed by atoms with Gasteiger partial charge in [-0.25, -0.2) is 4.79 Å². The summed E-state index contributed by atoms with van der Waals surface area (Å²) in [5.41, 5.74) is 2.38. The normalized spacial score (nSPS) is 10.5. The van der Waals surface area contributed by atoms with Gasteiger partial charge in [-0.1, -0.05) is 18.2 Å². The SMILES string of the molecule is COc1cccc(COc2ccc3[nH]nc(NC(=O)Nc4cccc(OC)c4)c3c2)c1. The number of carbonyl (C=O) groups is 1. The topological polar surface area (TPSA) is 97.5 Å². The molecule has 0 bridgehead atoms. The second-order valence-corrected chi connectivity index (χ2v) is 6.73. The summed E-state index contributed by atoms with van der Waals surface area (Å²) in [5, 5.41) is 13.4. The Kier molecular flexibility index (Phi) is 5.89. The Morgan fingerprint density at radius 3 is 2.48 bits per heavy atom. The molecule has 8 heteroatoms. The number of nitrogens with one attached hydrogen (secondary N) is 3. The van der Waals surface area contributed by atoms with Gasteiger partial charge in [0.2, 0.25) is 0 Å². The summed E-state index contributed by atoms with van der Waals surface area (Å²) in [6.07, 6.45) is 0. The van der Waals surface area contributed by atoms with E-state index in [4.69, 9.17) is 14.2 Å². The summed E-state index contributed by atoms with van der Waals surface area (Å²) < 4.78 is 16.3. The lowest BCUT2D eigenvalue weighted by atomic mass is 10.2. The molecule has 0 saturated carbocycles. The van der Waals surface area contributed by atoms with Crippen molar-refractivity contribution < 1.29 is 19.0 Å². The first-order valence-electron chi connectivity index (χ1n) is 9.60. The van der Waals surface area contributed by atoms with Crippen LogP contribution in [0.25, 0.3) is 10.9 Å². The van der Waals surface area contributed by atoms with Gasteiger partial charge in [0.1, 0.15) is 23.9 Å². The lowest BCUT2D eigenvalue weighted by molar-refractivity contribution is 0.262. The number of methoxy groups -OCH3 is 2. The smallest absolute Gasteiger partial charge is 0.324 e. The number of anilines is 2. The predicted octanol–water partition coefficient (Wildman–Crippen LogP) is 4.80. The molecule has 2 amide bonds. The van der Waals surface area contributed by atoms with Crippen LogP contribution in [0.4, 0.5) is 16.3 Å². The van der Waals surface area contributed by atoms with Gasteiger partial charge in [0.25, 0.3) is 0 Å². The first kappa shape index (κ1) is 20.1. The molecular weight excluding hydrogens is 396 g/mol. The van der Waals surface area contributed by atoms with Crippen LogP contribution in [0.3, 0.4) is 0 Å². The largest absolute Gasteiger partial charge is 0.497 e. The van der Waals surface area contributed by atoms with Gasteiger partial charge in [-0.15, -0.1) is 0 Å². The van der Waals surface area contributed by atoms with Crippen molar-refractivity contribution in [3.63, 3.8) is 0 Å². The van der Waals surface area contributed by atoms with Gasteiger partial charge < -0.3 is 19.5 Å². The zero-order valence-corrected chi connectivity index (χ0v) is 17.1. The van der Waals surface area contributed by atoms with Crippen LogP contribution in [-0.4, -0.2) is 30.4 Å². The van der Waals surface area contributed by atoms with Crippen LogP contribution >= 0.6 is 0 Å². The fourth-order valence-electron chi connectivity index (χ4n) is 3.08. The molecule has 3 aromatic carbocycles. The fraction of sp³-hybridized carbons (Fsp3) is 0.130. The molecule has 0 fully saturated rings. The van der Waals surface area contributed by atoms with Crippen molar-refractivity contribution in [2.45, 2.75) is 6.61 Å². The Bertz CT molecular complexity index is 1210. The number of amides is 2. The number of aromatic nitrogens is 2. The number of carbonyl (C=O) groups excluding carboxylic acids is 1. The van der Waals surface area contributed by atoms with Crippen LogP contribution in [-0.2, 0) is 6.61 Å². The molecule has 8 nitrogen and oxygen atoms in total. The van der Waals surface area contributed by atoms with Gasteiger partial charge in [0.15, 0.2) is 5.82 Å². The predicted molar refractivity (Wildman–Crippen MR) is 119 cm³/mol. The van der Waals surface area contributed by atoms with Crippen molar-refractivity contribution in [2.24, 2.45) is 0 Å². The second-order valence-electron chi connectivity index (χ2n) is 6.73. The number of urea groups is 1. The van der Waals surface area contributed by atoms with Crippen LogP contribution in [0.5, 0.6) is 17.2 Å². The molecule has 0 unspecified atom stereocenters. The third-order valence-electron chi connectivity index (χ3n) is 4.63. The first-order chi connectivity index (χ1) is 15.1. The number of hydrogen-bond acceptors (Lipinski definition) is 5. The maximum Gasteiger partial charge on any atom is 0.324 e. The highest BCUT2D eigenvalue weighted by Crippen LogP contribution is 2.26. The second kappa shape index (κ2) is 9.08. The lowest BCUT2D eigenvalue weighted by Gasteiger charge is -2.09. The van der Waals surface area contributed by atoms with E-state index < -0.39 is 6.03 Å². The van der Waals surface area contributed by atoms with E-state index in [-0.39, 0.29) is 0 Å². The molecule has 158 valence electrons. The van der Waals surface area contributed by atoms with Gasteiger partial charge in [-0.3, -0.25) is 10.4 Å². The van der Waals surface area contributed by atoms with Gasteiger partial charge in [0.05, 0.1) is 19.7 Å². The number of ether oxygens (including phenoxy) is 3. The van der Waals surface area contributed by atoms with Crippen molar-refractivity contribution in [1.29, 1.82) is 0 Å². The van der Waals surface area contributed by atoms with Gasteiger partial charge in [-0.2, -0.15) is 5.10 Å². The summed E-state index contributed by atoms with van der Waals surface area (Å²) in [7, 11) is 3.20. The minimum absolute atomic E-state index is 0.389. The molecule has 0 atom stereocenters. The summed E-state index contributed by atoms with van der Waals surface area (Å²) in [6.45, 7) is 0.389. The summed E-state index contributed by atoms with van der Waals surface area (Å²) in [6, 6.07) is 19.9. The fourth-order valence-corrected chi connectivity index (χ4v) is 3.08. The summed E-state index contributed by atoms with van der Waals surface area (Å²) in [5.74, 6) is 2.50. The van der Waals surface area contributed by atoms with E-state index in [0.29, 0.717) is 29.6 Å². The molecule has 0 spiro atoms. The molecule has 0 aliphatic rings. The Labute approximate surface area is 179 Å². The Balaban J connectivity index is 1.45. The number of nitrogens with zero attached hydrogens (tertiary/aromatic N) is 1. The van der Waals surface area contributed by atoms with Crippen LogP contribution < -0.4 is 24.8 Å². The van der Waals surface area contributed by atoms with E-state index in [0.717, 1.165) is 22.2 Å². The van der Waals surface area contributed by atoms with Crippen molar-refractivity contribution >= 4 is 28.4 Å². The summed E-state index contributed by atoms with van der Waals surface area (Å²) >= 11 is 0. The Morgan fingerprint density at radius 1 is 0.903 bits per heavy atom. The Hall–Kier alpha value is -4.20. The van der Waals surface area contributed by atoms with Crippen molar-refractivity contribution in [3.05, 3.63) is 72.3 Å². The molecule has 0 saturated heterocycles. The minimum atomic E-state index is -0.413. The molecule has 0 aliphatic heterocycles. The molecule has 4 aromatic rings. The maximum absolute atomic E-state index is 12.4. The van der Waals surface area contributed by atoms with Crippen LogP contribution in [0.1, 0.15) is 5.56 Å². The lowest BCUT2D eigenvalue weighted by Crippen LogP contribution is -2.19. The quantitative estimate of drug-likeness (QED) is 0.400. The third kappa shape index (κ3) is 4.87. The number of fused-ring (bicyclic) bond motifs is 1. The van der Waals surface area contributed by atoms with Gasteiger partial charge >= 0.3 is 6.03 Å². The number of H-pyrrole nitrogens is 1. The molecular formula is C23H22N4O4. The van der Waals surface area contributed by atoms with E-state index in [9.17, 15) is 4.79 Å². The average molecular weight is 418 g/mol. The maximum atomic E-state index is 12.4. The van der Waals surface area contributed by atoms with E-state index in [1.807, 2.05) is 42.5 Å². The van der Waals surface area contributed by atoms with Crippen molar-refractivity contribution in [2.75, 3.05) is 24.9 Å². The molecule has 0 aliphatic carbocycles. The van der Waals surface area contributed by atoms with Crippen LogP contribution in [0, 0.1) is 0 Å². The molecule has 31 heavy (non-hydrogen) atoms. The van der Waals surface area contributed by atoms with Gasteiger partial charge in [0, 0.05) is 17.1 Å². The van der Waals surface area contributed by atoms with E-state index in [2.05, 4.69) is 20.8 Å². The van der Waals surface area contributed by atoms with Crippen LogP contribution in [0.2, 0.25) is 0 Å². The first-order valence-corrected chi connectivity index (χ1v) is 9.60. The number of benzene rings is 3. The standard InChI is InChI=1S/C23H22N4O4/c1-29-17-7-3-5-15(11-17)14-31-19-9-10-21-20(13-19)22(27-26-21)25-23(28)24-16-6-4-8-18(12-16)30-2/h3-13H,14H2,1-2H3,(H3,24,25,26,27,28). The van der Waals surface area contributed by atoms with Gasteiger partial charge in [-0.05, 0) is 48.0 Å². The molecule has 1 aromatic heterocycles. The molecule has 1 heterocycles. The van der Waals surface area contributed by atoms with Crippen molar-refractivity contribution in [3.8, 4) is 17.2 Å². The molecule has 4 rings (SSSR count). The molecule has 3 N–H and O–H groups in total. The number of aromatic amines is 1. The van der Waals surface area contributed by atoms with E-state index in [1.54, 1.807) is 38.5 Å². The highest BCUT2D eigenvalue weighted by Gasteiger charge is 2.11. The Morgan fingerprint density at radius 2 is 1.68 bits per heavy atom. The number of rotatable bonds is 7. The zero-order valence-electron chi connectivity index (χ0n) is 17.1. The third-order valence-corrected chi connectivity index (χ3v) is 4.63. The summed E-state index contributed by atoms with van der Waals surface area (Å²) in [4.78, 5) is 12.4. The van der Waals surface area contributed by atoms with Crippen molar-refractivity contribution in [1.82, 2.24) is 10.2 Å². The minimum Gasteiger partial charge on any atom is -0.497 e. The zero-order chi connectivity index (χ0) is 21.6. The monoisotopic (exact) mass is 418 g/mol. The average Bonchev–Trinajstić information content (AvgIpc) is 3.19. The highest BCUT2D eigenvalue weighted by atomic mass is 16.5. The van der Waals surface area contributed by atoms with Crippen LogP contribution in [0.15, 0.2) is 66.7 Å².